The smallest absolute Gasteiger partial charge is 0.289 e. The molecule has 1 aliphatic heterocycles. The maximum Gasteiger partial charge on any atom is 0.289 e. The lowest BCUT2D eigenvalue weighted by molar-refractivity contribution is 0.0977. The Balaban J connectivity index is 1.89. The van der Waals surface area contributed by atoms with E-state index in [1.54, 1.807) is 30.3 Å². The fourth-order valence-electron chi connectivity index (χ4n) is 1.83. The van der Waals surface area contributed by atoms with Crippen LogP contribution < -0.4 is 10.6 Å². The van der Waals surface area contributed by atoms with Crippen LogP contribution in [0.15, 0.2) is 58.1 Å². The Hall–Kier alpha value is -2.74. The van der Waals surface area contributed by atoms with Crippen molar-refractivity contribution in [2.75, 3.05) is 5.32 Å². The molecule has 0 bridgehead atoms. The monoisotopic (exact) mass is 302 g/mol. The van der Waals surface area contributed by atoms with Gasteiger partial charge in [0.25, 0.3) is 15.9 Å². The third kappa shape index (κ3) is 2.61. The molecule has 0 unspecified atom stereocenters. The zero-order valence-corrected chi connectivity index (χ0v) is 11.5. The molecule has 1 amide bonds. The van der Waals surface area contributed by atoms with Crippen LogP contribution in [0, 0.1) is 0 Å². The van der Waals surface area contributed by atoms with E-state index in [2.05, 4.69) is 20.0 Å². The van der Waals surface area contributed by atoms with Gasteiger partial charge >= 0.3 is 0 Å². The molecule has 3 rings (SSSR count). The molecular weight excluding hydrogens is 292 g/mol. The third-order valence-electron chi connectivity index (χ3n) is 2.79. The molecule has 0 spiro atoms. The first-order chi connectivity index (χ1) is 10.1. The van der Waals surface area contributed by atoms with Crippen molar-refractivity contribution in [2.24, 2.45) is 4.40 Å². The topological polar surface area (TPSA) is 101 Å². The normalized spacial score (nSPS) is 15.3. The Labute approximate surface area is 120 Å². The van der Waals surface area contributed by atoms with Crippen molar-refractivity contribution in [3.63, 3.8) is 0 Å². The Morgan fingerprint density at radius 2 is 1.90 bits per heavy atom. The number of pyridine rings is 1. The molecule has 1 aromatic carbocycles. The van der Waals surface area contributed by atoms with Crippen LogP contribution in [0.4, 0.5) is 5.69 Å². The second-order valence-electron chi connectivity index (χ2n) is 4.23. The quantitative estimate of drug-likeness (QED) is 0.818. The van der Waals surface area contributed by atoms with Gasteiger partial charge in [-0.2, -0.15) is 8.42 Å². The zero-order chi connectivity index (χ0) is 14.9. The molecule has 2 N–H and O–H groups in total. The van der Waals surface area contributed by atoms with Crippen LogP contribution in [0.3, 0.4) is 0 Å². The number of carbonyl (C=O) groups excluding carboxylic acids is 1. The van der Waals surface area contributed by atoms with Gasteiger partial charge in [-0.3, -0.25) is 15.1 Å². The third-order valence-corrected chi connectivity index (χ3v) is 4.10. The molecule has 7 nitrogen and oxygen atoms in total. The Morgan fingerprint density at radius 1 is 1.14 bits per heavy atom. The van der Waals surface area contributed by atoms with E-state index in [9.17, 15) is 13.2 Å². The predicted molar refractivity (Wildman–Crippen MR) is 76.4 cm³/mol. The summed E-state index contributed by atoms with van der Waals surface area (Å²) >= 11 is 0. The zero-order valence-electron chi connectivity index (χ0n) is 10.6. The summed E-state index contributed by atoms with van der Waals surface area (Å²) in [5.74, 6) is -0.586. The van der Waals surface area contributed by atoms with E-state index >= 15 is 0 Å². The molecule has 0 atom stereocenters. The molecule has 0 saturated heterocycles. The maximum absolute atomic E-state index is 12.0. The minimum absolute atomic E-state index is 0.0253. The van der Waals surface area contributed by atoms with Crippen LogP contribution in [0.25, 0.3) is 0 Å². The maximum atomic E-state index is 12.0. The van der Waals surface area contributed by atoms with E-state index in [1.165, 1.54) is 18.5 Å². The molecule has 2 heterocycles. The molecule has 106 valence electrons. The largest absolute Gasteiger partial charge is 0.324 e. The van der Waals surface area contributed by atoms with Crippen LogP contribution in [0.1, 0.15) is 10.4 Å². The number of anilines is 1. The standard InChI is InChI=1S/C13H10N4O3S/c18-12(9-4-2-1-3-5-9)16-13-15-10-6-7-14-8-11(10)21(19,20)17-13/h1-8H,(H2,15,16,17,18). The number of amides is 1. The van der Waals surface area contributed by atoms with Gasteiger partial charge in [0.05, 0.1) is 5.69 Å². The van der Waals surface area contributed by atoms with Crippen LogP contribution in [0.5, 0.6) is 0 Å². The lowest BCUT2D eigenvalue weighted by Gasteiger charge is -2.17. The number of nitrogens with zero attached hydrogens (tertiary/aromatic N) is 2. The number of hydrogen-bond acceptors (Lipinski definition) is 5. The number of benzene rings is 1. The summed E-state index contributed by atoms with van der Waals surface area (Å²) in [6.07, 6.45) is 2.65. The van der Waals surface area contributed by atoms with E-state index < -0.39 is 15.9 Å². The number of fused-ring (bicyclic) bond motifs is 1. The molecule has 1 aromatic heterocycles. The van der Waals surface area contributed by atoms with Crippen molar-refractivity contribution in [2.45, 2.75) is 4.90 Å². The minimum atomic E-state index is -3.87. The number of guanidine groups is 1. The Bertz CT molecular complexity index is 832. The average Bonchev–Trinajstić information content (AvgIpc) is 2.47. The van der Waals surface area contributed by atoms with Gasteiger partial charge in [-0.15, -0.1) is 4.40 Å². The summed E-state index contributed by atoms with van der Waals surface area (Å²) in [4.78, 5) is 15.7. The van der Waals surface area contributed by atoms with Gasteiger partial charge < -0.3 is 5.32 Å². The SMILES string of the molecule is O=C(NC1=NS(=O)(=O)c2cnccc2N1)c1ccccc1. The van der Waals surface area contributed by atoms with E-state index in [-0.39, 0.29) is 10.9 Å². The van der Waals surface area contributed by atoms with Gasteiger partial charge in [0, 0.05) is 18.0 Å². The molecule has 0 fully saturated rings. The second kappa shape index (κ2) is 4.98. The highest BCUT2D eigenvalue weighted by atomic mass is 32.2. The van der Waals surface area contributed by atoms with Crippen molar-refractivity contribution >= 4 is 27.6 Å². The van der Waals surface area contributed by atoms with Gasteiger partial charge in [0.15, 0.2) is 0 Å². The van der Waals surface area contributed by atoms with Gasteiger partial charge in [-0.1, -0.05) is 18.2 Å². The van der Waals surface area contributed by atoms with Crippen LogP contribution in [0.2, 0.25) is 0 Å². The lowest BCUT2D eigenvalue weighted by atomic mass is 10.2. The summed E-state index contributed by atoms with van der Waals surface area (Å²) in [5.41, 5.74) is 0.725. The van der Waals surface area contributed by atoms with Crippen molar-refractivity contribution in [3.8, 4) is 0 Å². The van der Waals surface area contributed by atoms with Gasteiger partial charge in [-0.05, 0) is 18.2 Å². The van der Waals surface area contributed by atoms with E-state index in [1.807, 2.05) is 0 Å². The first-order valence-corrected chi connectivity index (χ1v) is 7.43. The second-order valence-corrected chi connectivity index (χ2v) is 5.80. The predicted octanol–water partition coefficient (Wildman–Crippen LogP) is 0.982. The van der Waals surface area contributed by atoms with Crippen molar-refractivity contribution in [1.29, 1.82) is 0 Å². The summed E-state index contributed by atoms with van der Waals surface area (Å²) < 4.78 is 27.5. The van der Waals surface area contributed by atoms with Gasteiger partial charge in [0.2, 0.25) is 5.96 Å². The highest BCUT2D eigenvalue weighted by Gasteiger charge is 2.25. The first kappa shape index (κ1) is 13.3. The minimum Gasteiger partial charge on any atom is -0.324 e. The Kier molecular flexibility index (Phi) is 3.15. The Morgan fingerprint density at radius 3 is 2.67 bits per heavy atom. The van der Waals surface area contributed by atoms with Gasteiger partial charge in [-0.25, -0.2) is 0 Å². The fraction of sp³-hybridized carbons (Fsp3) is 0. The fourth-order valence-corrected chi connectivity index (χ4v) is 2.85. The molecule has 0 radical (unpaired) electrons. The lowest BCUT2D eigenvalue weighted by Crippen LogP contribution is -2.38. The number of carbonyl (C=O) groups is 1. The molecule has 8 heteroatoms. The summed E-state index contributed by atoms with van der Waals surface area (Å²) in [6, 6.07) is 9.93. The number of hydrogen-bond donors (Lipinski definition) is 2. The van der Waals surface area contributed by atoms with E-state index in [0.717, 1.165) is 0 Å². The molecule has 1 aliphatic rings. The van der Waals surface area contributed by atoms with Crippen molar-refractivity contribution in [1.82, 2.24) is 10.3 Å². The molecule has 0 saturated carbocycles. The first-order valence-electron chi connectivity index (χ1n) is 5.99. The van der Waals surface area contributed by atoms with Gasteiger partial charge in [0.1, 0.15) is 4.90 Å². The molecule has 21 heavy (non-hydrogen) atoms. The number of sulfonamides is 1. The molecule has 0 aliphatic carbocycles. The number of aromatic nitrogens is 1. The van der Waals surface area contributed by atoms with Crippen molar-refractivity contribution < 1.29 is 13.2 Å². The number of rotatable bonds is 1. The highest BCUT2D eigenvalue weighted by molar-refractivity contribution is 7.90. The summed E-state index contributed by atoms with van der Waals surface area (Å²) in [6.45, 7) is 0. The average molecular weight is 302 g/mol. The van der Waals surface area contributed by atoms with E-state index in [0.29, 0.717) is 11.3 Å². The number of nitrogens with one attached hydrogen (secondary N) is 2. The van der Waals surface area contributed by atoms with Crippen LogP contribution >= 0.6 is 0 Å². The van der Waals surface area contributed by atoms with Crippen LogP contribution in [-0.2, 0) is 10.0 Å². The van der Waals surface area contributed by atoms with Crippen LogP contribution in [-0.4, -0.2) is 25.3 Å². The van der Waals surface area contributed by atoms with Crippen molar-refractivity contribution in [3.05, 3.63) is 54.4 Å². The van der Waals surface area contributed by atoms with E-state index in [4.69, 9.17) is 0 Å². The summed E-state index contributed by atoms with van der Waals surface area (Å²) in [5, 5.41) is 5.18. The molecular formula is C13H10N4O3S. The molecule has 2 aromatic rings. The summed E-state index contributed by atoms with van der Waals surface area (Å²) in [7, 11) is -3.87. The highest BCUT2D eigenvalue weighted by Crippen LogP contribution is 2.25.